The summed E-state index contributed by atoms with van der Waals surface area (Å²) >= 11 is 0. The molecule has 0 aliphatic carbocycles. The molecule has 0 bridgehead atoms. The SMILES string of the molecule is c1ccc(CC[C@@H]2NCCn3nc(-c4ccco4)cc32)cc1. The van der Waals surface area contributed by atoms with Crippen LogP contribution in [-0.2, 0) is 13.0 Å². The van der Waals surface area contributed by atoms with E-state index in [9.17, 15) is 0 Å². The van der Waals surface area contributed by atoms with Crippen LogP contribution in [0.2, 0.25) is 0 Å². The van der Waals surface area contributed by atoms with E-state index < -0.39 is 0 Å². The summed E-state index contributed by atoms with van der Waals surface area (Å²) in [6, 6.07) is 17.0. The van der Waals surface area contributed by atoms with Crippen LogP contribution >= 0.6 is 0 Å². The van der Waals surface area contributed by atoms with Gasteiger partial charge in [0.15, 0.2) is 5.76 Å². The molecule has 0 fully saturated rings. The molecule has 0 amide bonds. The van der Waals surface area contributed by atoms with Crippen molar-refractivity contribution in [2.45, 2.75) is 25.4 Å². The molecule has 1 N–H and O–H groups in total. The van der Waals surface area contributed by atoms with E-state index in [4.69, 9.17) is 4.42 Å². The first-order valence-electron chi connectivity index (χ1n) is 7.79. The molecule has 1 atom stereocenters. The van der Waals surface area contributed by atoms with Gasteiger partial charge < -0.3 is 9.73 Å². The molecule has 1 aliphatic rings. The second-order valence-corrected chi connectivity index (χ2v) is 5.69. The van der Waals surface area contributed by atoms with Crippen molar-refractivity contribution in [3.63, 3.8) is 0 Å². The average molecular weight is 293 g/mol. The number of nitrogens with one attached hydrogen (secondary N) is 1. The Hall–Kier alpha value is -2.33. The minimum absolute atomic E-state index is 0.352. The summed E-state index contributed by atoms with van der Waals surface area (Å²) in [5, 5.41) is 8.29. The van der Waals surface area contributed by atoms with Gasteiger partial charge in [0.2, 0.25) is 0 Å². The largest absolute Gasteiger partial charge is 0.463 e. The Morgan fingerprint density at radius 2 is 2.09 bits per heavy atom. The average Bonchev–Trinajstić information content (AvgIpc) is 3.22. The van der Waals surface area contributed by atoms with Gasteiger partial charge in [0.1, 0.15) is 5.69 Å². The summed E-state index contributed by atoms with van der Waals surface area (Å²) in [4.78, 5) is 0. The highest BCUT2D eigenvalue weighted by Crippen LogP contribution is 2.27. The number of benzene rings is 1. The Balaban J connectivity index is 1.54. The molecule has 22 heavy (non-hydrogen) atoms. The summed E-state index contributed by atoms with van der Waals surface area (Å²) in [6.07, 6.45) is 3.84. The molecule has 3 aromatic rings. The highest BCUT2D eigenvalue weighted by molar-refractivity contribution is 5.52. The van der Waals surface area contributed by atoms with Crippen LogP contribution in [0.1, 0.15) is 23.7 Å². The van der Waals surface area contributed by atoms with E-state index >= 15 is 0 Å². The van der Waals surface area contributed by atoms with Crippen LogP contribution in [0.3, 0.4) is 0 Å². The van der Waals surface area contributed by atoms with Crippen molar-refractivity contribution < 1.29 is 4.42 Å². The second-order valence-electron chi connectivity index (χ2n) is 5.69. The maximum Gasteiger partial charge on any atom is 0.154 e. The van der Waals surface area contributed by atoms with E-state index in [0.29, 0.717) is 6.04 Å². The number of fused-ring (bicyclic) bond motifs is 1. The van der Waals surface area contributed by atoms with E-state index in [1.807, 2.05) is 12.1 Å². The predicted molar refractivity (Wildman–Crippen MR) is 85.4 cm³/mol. The van der Waals surface area contributed by atoms with Crippen LogP contribution < -0.4 is 5.32 Å². The van der Waals surface area contributed by atoms with Crippen LogP contribution in [0, 0.1) is 0 Å². The van der Waals surface area contributed by atoms with Gasteiger partial charge in [-0.2, -0.15) is 5.10 Å². The topological polar surface area (TPSA) is 43.0 Å². The van der Waals surface area contributed by atoms with Gasteiger partial charge in [-0.1, -0.05) is 30.3 Å². The smallest absolute Gasteiger partial charge is 0.154 e. The predicted octanol–water partition coefficient (Wildman–Crippen LogP) is 3.42. The Labute approximate surface area is 129 Å². The molecule has 1 aliphatic heterocycles. The number of rotatable bonds is 4. The highest BCUT2D eigenvalue weighted by atomic mass is 16.3. The lowest BCUT2D eigenvalue weighted by Gasteiger charge is -2.25. The van der Waals surface area contributed by atoms with Gasteiger partial charge in [0, 0.05) is 12.6 Å². The minimum Gasteiger partial charge on any atom is -0.463 e. The van der Waals surface area contributed by atoms with Crippen molar-refractivity contribution in [1.82, 2.24) is 15.1 Å². The van der Waals surface area contributed by atoms with Crippen LogP contribution in [0.5, 0.6) is 0 Å². The van der Waals surface area contributed by atoms with Crippen molar-refractivity contribution >= 4 is 0 Å². The lowest BCUT2D eigenvalue weighted by Crippen LogP contribution is -2.33. The Bertz CT molecular complexity index is 731. The number of furan rings is 1. The molecule has 0 saturated heterocycles. The van der Waals surface area contributed by atoms with Gasteiger partial charge in [0.05, 0.1) is 18.5 Å². The molecule has 1 aromatic carbocycles. The van der Waals surface area contributed by atoms with Gasteiger partial charge >= 0.3 is 0 Å². The fourth-order valence-electron chi connectivity index (χ4n) is 3.09. The fourth-order valence-corrected chi connectivity index (χ4v) is 3.09. The van der Waals surface area contributed by atoms with Crippen molar-refractivity contribution in [1.29, 1.82) is 0 Å². The molecule has 0 radical (unpaired) electrons. The molecule has 4 nitrogen and oxygen atoms in total. The fraction of sp³-hybridized carbons (Fsp3) is 0.278. The maximum atomic E-state index is 5.47. The highest BCUT2D eigenvalue weighted by Gasteiger charge is 2.22. The van der Waals surface area contributed by atoms with Gasteiger partial charge in [-0.25, -0.2) is 0 Å². The van der Waals surface area contributed by atoms with E-state index in [1.54, 1.807) is 6.26 Å². The standard InChI is InChI=1S/C18H19N3O/c1-2-5-14(6-3-1)8-9-15-17-13-16(18-7-4-12-22-18)20-21(17)11-10-19-15/h1-7,12-13,15,19H,8-11H2/t15-/m0/s1. The van der Waals surface area contributed by atoms with E-state index in [-0.39, 0.29) is 0 Å². The number of nitrogens with zero attached hydrogens (tertiary/aromatic N) is 2. The number of hydrogen-bond donors (Lipinski definition) is 1. The van der Waals surface area contributed by atoms with Crippen LogP contribution in [-0.4, -0.2) is 16.3 Å². The maximum absolute atomic E-state index is 5.47. The Morgan fingerprint density at radius 1 is 1.18 bits per heavy atom. The Morgan fingerprint density at radius 3 is 2.91 bits per heavy atom. The molecule has 4 heteroatoms. The van der Waals surface area contributed by atoms with Crippen LogP contribution in [0.15, 0.2) is 59.2 Å². The van der Waals surface area contributed by atoms with Crippen LogP contribution in [0.4, 0.5) is 0 Å². The number of hydrogen-bond acceptors (Lipinski definition) is 3. The van der Waals surface area contributed by atoms with Crippen LogP contribution in [0.25, 0.3) is 11.5 Å². The van der Waals surface area contributed by atoms with Crippen molar-refractivity contribution in [2.24, 2.45) is 0 Å². The third kappa shape index (κ3) is 2.57. The number of aryl methyl sites for hydroxylation is 1. The zero-order valence-electron chi connectivity index (χ0n) is 12.4. The van der Waals surface area contributed by atoms with Gasteiger partial charge in [-0.3, -0.25) is 4.68 Å². The first-order valence-corrected chi connectivity index (χ1v) is 7.79. The lowest BCUT2D eigenvalue weighted by atomic mass is 10.0. The lowest BCUT2D eigenvalue weighted by molar-refractivity contribution is 0.384. The Kier molecular flexibility index (Phi) is 3.52. The molecular weight excluding hydrogens is 274 g/mol. The zero-order chi connectivity index (χ0) is 14.8. The molecule has 0 saturated carbocycles. The quantitative estimate of drug-likeness (QED) is 0.801. The van der Waals surface area contributed by atoms with Crippen molar-refractivity contribution in [2.75, 3.05) is 6.54 Å². The monoisotopic (exact) mass is 293 g/mol. The molecule has 3 heterocycles. The molecular formula is C18H19N3O. The minimum atomic E-state index is 0.352. The van der Waals surface area contributed by atoms with Gasteiger partial charge in [-0.15, -0.1) is 0 Å². The van der Waals surface area contributed by atoms with Gasteiger partial charge in [-0.05, 0) is 36.6 Å². The third-order valence-electron chi connectivity index (χ3n) is 4.22. The second kappa shape index (κ2) is 5.81. The summed E-state index contributed by atoms with van der Waals surface area (Å²) in [6.45, 7) is 1.88. The van der Waals surface area contributed by atoms with E-state index in [1.165, 1.54) is 11.3 Å². The molecule has 2 aromatic heterocycles. The first-order chi connectivity index (χ1) is 10.9. The summed E-state index contributed by atoms with van der Waals surface area (Å²) in [7, 11) is 0. The van der Waals surface area contributed by atoms with E-state index in [0.717, 1.165) is 37.4 Å². The first kappa shape index (κ1) is 13.3. The third-order valence-corrected chi connectivity index (χ3v) is 4.22. The van der Waals surface area contributed by atoms with E-state index in [2.05, 4.69) is 51.5 Å². The summed E-state index contributed by atoms with van der Waals surface area (Å²) < 4.78 is 7.58. The molecule has 4 rings (SSSR count). The summed E-state index contributed by atoms with van der Waals surface area (Å²) in [5.74, 6) is 0.837. The molecule has 0 spiro atoms. The molecule has 112 valence electrons. The van der Waals surface area contributed by atoms with Crippen molar-refractivity contribution in [3.8, 4) is 11.5 Å². The zero-order valence-corrected chi connectivity index (χ0v) is 12.4. The normalized spacial score (nSPS) is 17.4. The number of aromatic nitrogens is 2. The summed E-state index contributed by atoms with van der Waals surface area (Å²) in [5.41, 5.74) is 3.56. The van der Waals surface area contributed by atoms with Gasteiger partial charge in [0.25, 0.3) is 0 Å². The van der Waals surface area contributed by atoms with Crippen molar-refractivity contribution in [3.05, 3.63) is 66.1 Å². The molecule has 0 unspecified atom stereocenters.